The van der Waals surface area contributed by atoms with Gasteiger partial charge >= 0.3 is 0 Å². The van der Waals surface area contributed by atoms with Crippen LogP contribution in [0.15, 0.2) is 17.5 Å². The summed E-state index contributed by atoms with van der Waals surface area (Å²) in [5.41, 5.74) is 1.82. The summed E-state index contributed by atoms with van der Waals surface area (Å²) in [6, 6.07) is 5.25. The van der Waals surface area contributed by atoms with Gasteiger partial charge in [-0.1, -0.05) is 0 Å². The summed E-state index contributed by atoms with van der Waals surface area (Å²) in [6.07, 6.45) is 3.63. The number of H-pyrrole nitrogens is 1. The Bertz CT molecular complexity index is 618. The lowest BCUT2D eigenvalue weighted by Crippen LogP contribution is -2.39. The number of nitrogens with one attached hydrogen (secondary N) is 1. The second-order valence-electron chi connectivity index (χ2n) is 5.97. The molecule has 4 nitrogen and oxygen atoms in total. The minimum atomic E-state index is 0.161. The number of amides is 1. The molecule has 2 aromatic heterocycles. The number of aromatic amines is 1. The summed E-state index contributed by atoms with van der Waals surface area (Å²) in [5.74, 6) is 0.161. The fourth-order valence-corrected chi connectivity index (χ4v) is 4.41. The van der Waals surface area contributed by atoms with E-state index in [9.17, 15) is 4.79 Å². The van der Waals surface area contributed by atoms with Crippen LogP contribution in [0.4, 0.5) is 0 Å². The number of fused-ring (bicyclic) bond motifs is 3. The number of nitrogens with zero attached hydrogens (tertiary/aromatic N) is 2. The van der Waals surface area contributed by atoms with E-state index in [0.29, 0.717) is 12.1 Å². The Morgan fingerprint density at radius 3 is 3.05 bits per heavy atom. The van der Waals surface area contributed by atoms with Crippen molar-refractivity contribution >= 4 is 27.5 Å². The number of rotatable bonds is 1. The Balaban J connectivity index is 1.57. The Kier molecular flexibility index (Phi) is 2.86. The third-order valence-corrected chi connectivity index (χ3v) is 5.77. The van der Waals surface area contributed by atoms with Gasteiger partial charge in [-0.2, -0.15) is 0 Å². The van der Waals surface area contributed by atoms with Gasteiger partial charge in [0.1, 0.15) is 5.69 Å². The molecule has 2 aliphatic rings. The fraction of sp³-hybridized carbons (Fsp3) is 0.533. The van der Waals surface area contributed by atoms with Gasteiger partial charge in [-0.25, -0.2) is 0 Å². The number of hydrogen-bond acceptors (Lipinski definition) is 3. The van der Waals surface area contributed by atoms with Crippen LogP contribution in [0.25, 0.3) is 10.2 Å². The largest absolute Gasteiger partial charge is 0.350 e. The smallest absolute Gasteiger partial charge is 0.270 e. The average Bonchev–Trinajstić information content (AvgIpc) is 3.03. The molecule has 2 fully saturated rings. The minimum Gasteiger partial charge on any atom is -0.350 e. The van der Waals surface area contributed by atoms with Gasteiger partial charge in [0.05, 0.1) is 10.2 Å². The van der Waals surface area contributed by atoms with Crippen LogP contribution in [0.3, 0.4) is 0 Å². The monoisotopic (exact) mass is 289 g/mol. The van der Waals surface area contributed by atoms with Gasteiger partial charge in [0.2, 0.25) is 0 Å². The molecule has 1 N–H and O–H groups in total. The molecule has 4 rings (SSSR count). The van der Waals surface area contributed by atoms with Gasteiger partial charge in [-0.15, -0.1) is 11.3 Å². The quantitative estimate of drug-likeness (QED) is 0.876. The highest BCUT2D eigenvalue weighted by atomic mass is 32.1. The van der Waals surface area contributed by atoms with Crippen LogP contribution < -0.4 is 0 Å². The van der Waals surface area contributed by atoms with E-state index in [1.54, 1.807) is 11.3 Å². The van der Waals surface area contributed by atoms with Crippen molar-refractivity contribution in [3.8, 4) is 0 Å². The maximum Gasteiger partial charge on any atom is 0.270 e. The molecule has 0 radical (unpaired) electrons. The fourth-order valence-electron chi connectivity index (χ4n) is 3.63. The van der Waals surface area contributed by atoms with Crippen molar-refractivity contribution in [3.05, 3.63) is 23.2 Å². The summed E-state index contributed by atoms with van der Waals surface area (Å²) in [6.45, 7) is 1.76. The minimum absolute atomic E-state index is 0.161. The Labute approximate surface area is 122 Å². The molecule has 2 atom stereocenters. The lowest BCUT2D eigenvalue weighted by atomic mass is 10.1. The number of aromatic nitrogens is 1. The van der Waals surface area contributed by atoms with Crippen molar-refractivity contribution in [2.75, 3.05) is 20.1 Å². The molecule has 0 spiro atoms. The van der Waals surface area contributed by atoms with Crippen LogP contribution in [-0.4, -0.2) is 52.9 Å². The lowest BCUT2D eigenvalue weighted by Gasteiger charge is -2.25. The molecule has 2 aliphatic heterocycles. The van der Waals surface area contributed by atoms with Crippen molar-refractivity contribution < 1.29 is 4.79 Å². The molecule has 0 aliphatic carbocycles. The molecule has 0 saturated carbocycles. The molecule has 1 amide bonds. The Morgan fingerprint density at radius 2 is 2.20 bits per heavy atom. The zero-order valence-electron chi connectivity index (χ0n) is 11.6. The van der Waals surface area contributed by atoms with Crippen molar-refractivity contribution in [1.29, 1.82) is 0 Å². The molecule has 0 aromatic carbocycles. The van der Waals surface area contributed by atoms with Crippen LogP contribution in [0.1, 0.15) is 29.8 Å². The summed E-state index contributed by atoms with van der Waals surface area (Å²) in [5, 5.41) is 2.05. The van der Waals surface area contributed by atoms with Crippen molar-refractivity contribution in [1.82, 2.24) is 14.8 Å². The number of likely N-dealkylation sites (tertiary alicyclic amines) is 1. The molecule has 0 unspecified atom stereocenters. The molecule has 2 saturated heterocycles. The predicted octanol–water partition coefficient (Wildman–Crippen LogP) is 2.54. The first kappa shape index (κ1) is 12.4. The summed E-state index contributed by atoms with van der Waals surface area (Å²) >= 11 is 1.68. The summed E-state index contributed by atoms with van der Waals surface area (Å²) < 4.78 is 1.17. The van der Waals surface area contributed by atoms with Crippen LogP contribution in [0.2, 0.25) is 0 Å². The molecule has 2 bridgehead atoms. The van der Waals surface area contributed by atoms with Gasteiger partial charge in [-0.05, 0) is 43.8 Å². The number of thiophene rings is 1. The summed E-state index contributed by atoms with van der Waals surface area (Å²) in [4.78, 5) is 20.4. The summed E-state index contributed by atoms with van der Waals surface area (Å²) in [7, 11) is 2.21. The normalized spacial score (nSPS) is 27.1. The molecule has 2 aromatic rings. The van der Waals surface area contributed by atoms with Crippen molar-refractivity contribution in [3.63, 3.8) is 0 Å². The number of carbonyl (C=O) groups is 1. The van der Waals surface area contributed by atoms with E-state index in [0.717, 1.165) is 30.7 Å². The molecular weight excluding hydrogens is 270 g/mol. The standard InChI is InChI=1S/C15H19N3OS/c1-17-10-2-3-11(17)9-18(6-4-10)15(19)13-8-14-12(16-13)5-7-20-14/h5,7-8,10-11,16H,2-4,6,9H2,1H3/t10-,11+/m1/s1. The van der Waals surface area contributed by atoms with Gasteiger partial charge < -0.3 is 9.88 Å². The topological polar surface area (TPSA) is 39.3 Å². The number of hydrogen-bond donors (Lipinski definition) is 1. The number of carbonyl (C=O) groups excluding carboxylic acids is 1. The molecule has 20 heavy (non-hydrogen) atoms. The first-order valence-corrected chi connectivity index (χ1v) is 8.18. The first-order chi connectivity index (χ1) is 9.72. The second-order valence-corrected chi connectivity index (χ2v) is 6.92. The average molecular weight is 289 g/mol. The third kappa shape index (κ3) is 1.88. The van der Waals surface area contributed by atoms with Crippen LogP contribution in [0.5, 0.6) is 0 Å². The first-order valence-electron chi connectivity index (χ1n) is 7.30. The van der Waals surface area contributed by atoms with Gasteiger partial charge in [0.15, 0.2) is 0 Å². The zero-order chi connectivity index (χ0) is 13.7. The van der Waals surface area contributed by atoms with E-state index < -0.39 is 0 Å². The van der Waals surface area contributed by atoms with Gasteiger partial charge in [0, 0.05) is 25.2 Å². The van der Waals surface area contributed by atoms with Crippen LogP contribution in [0, 0.1) is 0 Å². The van der Waals surface area contributed by atoms with Gasteiger partial charge in [-0.3, -0.25) is 9.69 Å². The van der Waals surface area contributed by atoms with E-state index in [2.05, 4.69) is 22.3 Å². The lowest BCUT2D eigenvalue weighted by molar-refractivity contribution is 0.0735. The van der Waals surface area contributed by atoms with Gasteiger partial charge in [0.25, 0.3) is 5.91 Å². The van der Waals surface area contributed by atoms with E-state index in [4.69, 9.17) is 0 Å². The van der Waals surface area contributed by atoms with E-state index in [1.807, 2.05) is 17.0 Å². The Hall–Kier alpha value is -1.33. The number of likely N-dealkylation sites (N-methyl/N-ethyl adjacent to an activating group) is 1. The molecule has 4 heterocycles. The van der Waals surface area contributed by atoms with Crippen molar-refractivity contribution in [2.45, 2.75) is 31.3 Å². The highest BCUT2D eigenvalue weighted by molar-refractivity contribution is 7.17. The van der Waals surface area contributed by atoms with Crippen molar-refractivity contribution in [2.24, 2.45) is 0 Å². The third-order valence-electron chi connectivity index (χ3n) is 4.91. The van der Waals surface area contributed by atoms with Crippen LogP contribution in [-0.2, 0) is 0 Å². The SMILES string of the molecule is CN1[C@@H]2CC[C@H]1CN(C(=O)c1cc3sccc3[nH]1)CC2. The highest BCUT2D eigenvalue weighted by Gasteiger charge is 2.36. The second kappa shape index (κ2) is 4.60. The van der Waals surface area contributed by atoms with E-state index in [1.165, 1.54) is 17.5 Å². The zero-order valence-corrected chi connectivity index (χ0v) is 12.4. The maximum absolute atomic E-state index is 12.7. The maximum atomic E-state index is 12.7. The molecule has 5 heteroatoms. The van der Waals surface area contributed by atoms with Crippen LogP contribution >= 0.6 is 11.3 Å². The van der Waals surface area contributed by atoms with E-state index >= 15 is 0 Å². The van der Waals surface area contributed by atoms with E-state index in [-0.39, 0.29) is 5.91 Å². The highest BCUT2D eigenvalue weighted by Crippen LogP contribution is 2.29. The molecule has 106 valence electrons. The Morgan fingerprint density at radius 1 is 1.35 bits per heavy atom. The predicted molar refractivity (Wildman–Crippen MR) is 81.3 cm³/mol. The molecular formula is C15H19N3OS.